The van der Waals surface area contributed by atoms with Crippen molar-refractivity contribution < 1.29 is 0 Å². The molecule has 0 heteroatoms. The molecule has 0 bridgehead atoms. The van der Waals surface area contributed by atoms with Gasteiger partial charge in [0, 0.05) is 0 Å². The van der Waals surface area contributed by atoms with E-state index in [-0.39, 0.29) is 0 Å². The molecule has 3 aromatic rings. The van der Waals surface area contributed by atoms with Crippen molar-refractivity contribution in [3.63, 3.8) is 0 Å². The maximum atomic E-state index is 4.40. The highest BCUT2D eigenvalue weighted by molar-refractivity contribution is 5.78. The molecule has 0 atom stereocenters. The topological polar surface area (TPSA) is 0 Å². The summed E-state index contributed by atoms with van der Waals surface area (Å²) in [5.41, 5.74) is 10.4. The van der Waals surface area contributed by atoms with Gasteiger partial charge in [0.1, 0.15) is 0 Å². The summed E-state index contributed by atoms with van der Waals surface area (Å²) in [7, 11) is 0. The predicted octanol–water partition coefficient (Wildman–Crippen LogP) is 7.10. The number of aryl methyl sites for hydroxylation is 5. The Bertz CT molecular complexity index is 896. The Morgan fingerprint density at radius 1 is 0.630 bits per heavy atom. The molecule has 0 fully saturated rings. The van der Waals surface area contributed by atoms with Gasteiger partial charge >= 0.3 is 0 Å². The van der Waals surface area contributed by atoms with Gasteiger partial charge in [-0.05, 0) is 66.5 Å². The largest absolute Gasteiger partial charge is 0.0906 e. The molecule has 0 saturated heterocycles. The van der Waals surface area contributed by atoms with E-state index < -0.39 is 0 Å². The summed E-state index contributed by atoms with van der Waals surface area (Å²) in [5.74, 6) is 0. The van der Waals surface area contributed by atoms with Crippen LogP contribution < -0.4 is 0 Å². The molecular weight excluding hydrogens is 324 g/mol. The summed E-state index contributed by atoms with van der Waals surface area (Å²) in [5, 5.41) is 0. The van der Waals surface area contributed by atoms with Crippen LogP contribution in [0.2, 0.25) is 0 Å². The first-order chi connectivity index (χ1) is 13.0. The Labute approximate surface area is 164 Å². The van der Waals surface area contributed by atoms with Crippen LogP contribution in [0.3, 0.4) is 0 Å². The van der Waals surface area contributed by atoms with Gasteiger partial charge < -0.3 is 0 Å². The van der Waals surface area contributed by atoms with Crippen molar-refractivity contribution in [3.8, 4) is 0 Å². The number of hydrogen-bond donors (Lipinski definition) is 0. The Hall–Kier alpha value is -2.60. The van der Waals surface area contributed by atoms with Gasteiger partial charge in [-0.2, -0.15) is 0 Å². The van der Waals surface area contributed by atoms with Crippen LogP contribution in [0, 0.1) is 13.8 Å². The van der Waals surface area contributed by atoms with E-state index in [1.165, 1.54) is 38.9 Å². The smallest absolute Gasteiger partial charge is 0.0178 e. The number of rotatable bonds is 7. The van der Waals surface area contributed by atoms with Gasteiger partial charge in [-0.3, -0.25) is 0 Å². The van der Waals surface area contributed by atoms with E-state index in [0.29, 0.717) is 0 Å². The highest BCUT2D eigenvalue weighted by Gasteiger charge is 2.07. The van der Waals surface area contributed by atoms with Gasteiger partial charge in [-0.15, -0.1) is 0 Å². The van der Waals surface area contributed by atoms with Crippen LogP contribution in [0.4, 0.5) is 0 Å². The van der Waals surface area contributed by atoms with Crippen LogP contribution in [0.15, 0.2) is 73.3 Å². The molecule has 138 valence electrons. The minimum atomic E-state index is 1.06. The summed E-state index contributed by atoms with van der Waals surface area (Å²) >= 11 is 0. The summed E-state index contributed by atoms with van der Waals surface area (Å²) in [6, 6.07) is 24.6. The van der Waals surface area contributed by atoms with E-state index in [4.69, 9.17) is 0 Å². The van der Waals surface area contributed by atoms with Crippen molar-refractivity contribution in [2.75, 3.05) is 0 Å². The second-order valence-electron chi connectivity index (χ2n) is 7.62. The lowest BCUT2D eigenvalue weighted by atomic mass is 9.92. The molecule has 0 N–H and O–H groups in total. The van der Waals surface area contributed by atoms with Crippen molar-refractivity contribution in [2.24, 2.45) is 0 Å². The summed E-state index contributed by atoms with van der Waals surface area (Å²) in [6.07, 6.45) is 4.42. The van der Waals surface area contributed by atoms with Gasteiger partial charge in [0.25, 0.3) is 0 Å². The first-order valence-corrected chi connectivity index (χ1v) is 10.00. The summed E-state index contributed by atoms with van der Waals surface area (Å²) < 4.78 is 0. The Morgan fingerprint density at radius 3 is 1.74 bits per heavy atom. The molecule has 0 amide bonds. The number of benzene rings is 3. The van der Waals surface area contributed by atoms with Crippen molar-refractivity contribution in [1.82, 2.24) is 0 Å². The average molecular weight is 355 g/mol. The first-order valence-electron chi connectivity index (χ1n) is 10.00. The van der Waals surface area contributed by atoms with Gasteiger partial charge in [0.05, 0.1) is 0 Å². The standard InChI is InChI=1S/C27H30/c1-5-6-24-17-25(14-13-23-11-7-20(2)8-12-23)19-27(18-24)22(4)26-15-9-21(3)10-16-26/h7-12,15-19H,4-6,13-14H2,1-3H3. The van der Waals surface area contributed by atoms with Crippen molar-refractivity contribution >= 4 is 5.57 Å². The molecule has 27 heavy (non-hydrogen) atoms. The van der Waals surface area contributed by atoms with E-state index in [9.17, 15) is 0 Å². The van der Waals surface area contributed by atoms with Gasteiger partial charge in [-0.1, -0.05) is 97.8 Å². The second-order valence-corrected chi connectivity index (χ2v) is 7.62. The molecule has 0 aromatic heterocycles. The first kappa shape index (κ1) is 19.2. The second kappa shape index (κ2) is 8.86. The van der Waals surface area contributed by atoms with Crippen LogP contribution in [-0.2, 0) is 19.3 Å². The molecule has 0 nitrogen and oxygen atoms in total. The lowest BCUT2D eigenvalue weighted by Crippen LogP contribution is -1.97. The lowest BCUT2D eigenvalue weighted by Gasteiger charge is -2.13. The van der Waals surface area contributed by atoms with Crippen molar-refractivity contribution in [2.45, 2.75) is 46.5 Å². The van der Waals surface area contributed by atoms with E-state index >= 15 is 0 Å². The third-order valence-electron chi connectivity index (χ3n) is 5.16. The molecule has 3 aromatic carbocycles. The van der Waals surface area contributed by atoms with Gasteiger partial charge in [0.2, 0.25) is 0 Å². The summed E-state index contributed by atoms with van der Waals surface area (Å²) in [4.78, 5) is 0. The SMILES string of the molecule is C=C(c1ccc(C)cc1)c1cc(CCC)cc(CCc2ccc(C)cc2)c1. The highest BCUT2D eigenvalue weighted by Crippen LogP contribution is 2.25. The third kappa shape index (κ3) is 5.20. The fourth-order valence-electron chi connectivity index (χ4n) is 3.48. The third-order valence-corrected chi connectivity index (χ3v) is 5.16. The summed E-state index contributed by atoms with van der Waals surface area (Å²) in [6.45, 7) is 10.9. The molecule has 0 radical (unpaired) electrons. The quantitative estimate of drug-likeness (QED) is 0.424. The van der Waals surface area contributed by atoms with Gasteiger partial charge in [0.15, 0.2) is 0 Å². The minimum absolute atomic E-state index is 1.06. The molecule has 0 heterocycles. The Kier molecular flexibility index (Phi) is 6.29. The maximum absolute atomic E-state index is 4.40. The molecule has 3 rings (SSSR count). The van der Waals surface area contributed by atoms with Crippen LogP contribution in [0.5, 0.6) is 0 Å². The van der Waals surface area contributed by atoms with E-state index in [1.54, 1.807) is 0 Å². The predicted molar refractivity (Wildman–Crippen MR) is 118 cm³/mol. The molecule has 0 saturated carbocycles. The molecule has 0 spiro atoms. The van der Waals surface area contributed by atoms with E-state index in [2.05, 4.69) is 94.1 Å². The zero-order chi connectivity index (χ0) is 19.2. The van der Waals surface area contributed by atoms with E-state index in [0.717, 1.165) is 31.3 Å². The normalized spacial score (nSPS) is 10.8. The van der Waals surface area contributed by atoms with Gasteiger partial charge in [-0.25, -0.2) is 0 Å². The fourth-order valence-corrected chi connectivity index (χ4v) is 3.48. The lowest BCUT2D eigenvalue weighted by molar-refractivity contribution is 0.906. The molecular formula is C27H30. The molecule has 0 unspecified atom stereocenters. The monoisotopic (exact) mass is 354 g/mol. The van der Waals surface area contributed by atoms with Crippen molar-refractivity contribution in [1.29, 1.82) is 0 Å². The Balaban J connectivity index is 1.84. The molecule has 0 aliphatic carbocycles. The zero-order valence-corrected chi connectivity index (χ0v) is 16.9. The average Bonchev–Trinajstić information content (AvgIpc) is 2.68. The maximum Gasteiger partial charge on any atom is -0.0178 e. The fraction of sp³-hybridized carbons (Fsp3) is 0.259. The number of hydrogen-bond acceptors (Lipinski definition) is 0. The van der Waals surface area contributed by atoms with Crippen LogP contribution in [-0.4, -0.2) is 0 Å². The Morgan fingerprint density at radius 2 is 1.15 bits per heavy atom. The minimum Gasteiger partial charge on any atom is -0.0906 e. The van der Waals surface area contributed by atoms with Crippen LogP contribution in [0.25, 0.3) is 5.57 Å². The van der Waals surface area contributed by atoms with Crippen molar-refractivity contribution in [3.05, 3.63) is 112 Å². The van der Waals surface area contributed by atoms with E-state index in [1.807, 2.05) is 0 Å². The highest BCUT2D eigenvalue weighted by atomic mass is 14.1. The van der Waals surface area contributed by atoms with Crippen LogP contribution >= 0.6 is 0 Å². The zero-order valence-electron chi connectivity index (χ0n) is 16.9. The molecule has 0 aliphatic rings. The molecule has 0 aliphatic heterocycles. The van der Waals surface area contributed by atoms with Crippen LogP contribution in [0.1, 0.15) is 52.3 Å².